The number of halogens is 1. The van der Waals surface area contributed by atoms with E-state index >= 15 is 0 Å². The van der Waals surface area contributed by atoms with E-state index in [0.717, 1.165) is 37.3 Å². The molecular formula is C17H9BrN4S. The minimum Gasteiger partial charge on any atom is -0.226 e. The Hall–Kier alpha value is -2.31. The first-order valence-electron chi connectivity index (χ1n) is 7.08. The highest BCUT2D eigenvalue weighted by Crippen LogP contribution is 2.31. The molecule has 4 nitrogen and oxygen atoms in total. The van der Waals surface area contributed by atoms with Gasteiger partial charge in [-0.2, -0.15) is 10.1 Å². The van der Waals surface area contributed by atoms with Gasteiger partial charge in [0.1, 0.15) is 5.69 Å². The molecule has 23 heavy (non-hydrogen) atoms. The number of para-hydroxylation sites is 1. The number of nitrogens with zero attached hydrogens (tertiary/aromatic N) is 4. The Balaban J connectivity index is 1.83. The average molecular weight is 381 g/mol. The first kappa shape index (κ1) is 13.2. The van der Waals surface area contributed by atoms with Crippen LogP contribution in [0.15, 0.2) is 58.4 Å². The van der Waals surface area contributed by atoms with Gasteiger partial charge in [0, 0.05) is 20.8 Å². The third kappa shape index (κ3) is 1.99. The number of fused-ring (bicyclic) bond motifs is 4. The second-order valence-electron chi connectivity index (χ2n) is 5.24. The molecule has 0 saturated carbocycles. The first-order chi connectivity index (χ1) is 11.3. The smallest absolute Gasteiger partial charge is 0.213 e. The van der Waals surface area contributed by atoms with Gasteiger partial charge in [-0.05, 0) is 18.2 Å². The topological polar surface area (TPSA) is 43.1 Å². The van der Waals surface area contributed by atoms with Gasteiger partial charge in [0.15, 0.2) is 5.82 Å². The average Bonchev–Trinajstić information content (AvgIpc) is 3.14. The van der Waals surface area contributed by atoms with Crippen LogP contribution in [-0.2, 0) is 0 Å². The fourth-order valence-electron chi connectivity index (χ4n) is 2.72. The van der Waals surface area contributed by atoms with Gasteiger partial charge in [0.25, 0.3) is 0 Å². The van der Waals surface area contributed by atoms with Crippen molar-refractivity contribution in [3.63, 3.8) is 0 Å². The molecular weight excluding hydrogens is 372 g/mol. The Bertz CT molecular complexity index is 1130. The van der Waals surface area contributed by atoms with Crippen LogP contribution < -0.4 is 0 Å². The summed E-state index contributed by atoms with van der Waals surface area (Å²) < 4.78 is 2.97. The zero-order valence-electron chi connectivity index (χ0n) is 11.8. The monoisotopic (exact) mass is 380 g/mol. The van der Waals surface area contributed by atoms with E-state index in [-0.39, 0.29) is 0 Å². The van der Waals surface area contributed by atoms with Crippen molar-refractivity contribution < 1.29 is 0 Å². The summed E-state index contributed by atoms with van der Waals surface area (Å²) in [5.74, 6) is 0.704. The normalized spacial score (nSPS) is 11.7. The van der Waals surface area contributed by atoms with Gasteiger partial charge in [-0.1, -0.05) is 46.3 Å². The third-order valence-electron chi connectivity index (χ3n) is 3.82. The van der Waals surface area contributed by atoms with Crippen LogP contribution in [0.5, 0.6) is 0 Å². The van der Waals surface area contributed by atoms with Crippen molar-refractivity contribution in [3.05, 3.63) is 58.4 Å². The van der Waals surface area contributed by atoms with Gasteiger partial charge in [-0.25, -0.2) is 9.50 Å². The van der Waals surface area contributed by atoms with Gasteiger partial charge < -0.3 is 0 Å². The molecule has 2 aromatic carbocycles. The summed E-state index contributed by atoms with van der Waals surface area (Å²) in [6.07, 6.45) is 0. The number of thiazole rings is 1. The molecule has 0 saturated heterocycles. The minimum atomic E-state index is 0.704. The lowest BCUT2D eigenvalue weighted by molar-refractivity contribution is 0.926. The molecule has 3 aromatic rings. The Labute approximate surface area is 143 Å². The molecule has 2 aliphatic heterocycles. The van der Waals surface area contributed by atoms with Crippen molar-refractivity contribution in [1.82, 2.24) is 19.6 Å². The zero-order chi connectivity index (χ0) is 15.4. The third-order valence-corrected chi connectivity index (χ3v) is 5.17. The van der Waals surface area contributed by atoms with Gasteiger partial charge >= 0.3 is 0 Å². The van der Waals surface area contributed by atoms with E-state index in [2.05, 4.69) is 43.4 Å². The lowest BCUT2D eigenvalue weighted by Gasteiger charge is -2.03. The summed E-state index contributed by atoms with van der Waals surface area (Å²) in [6.45, 7) is 0. The van der Waals surface area contributed by atoms with Crippen molar-refractivity contribution >= 4 is 43.1 Å². The van der Waals surface area contributed by atoms with Crippen molar-refractivity contribution in [2.24, 2.45) is 0 Å². The number of hydrogen-bond acceptors (Lipinski definition) is 4. The summed E-state index contributed by atoms with van der Waals surface area (Å²) >= 11 is 5.05. The van der Waals surface area contributed by atoms with Crippen LogP contribution in [0.2, 0.25) is 0 Å². The fraction of sp³-hybridized carbons (Fsp3) is 0. The number of hydrogen-bond donors (Lipinski definition) is 0. The Kier molecular flexibility index (Phi) is 2.77. The lowest BCUT2D eigenvalue weighted by Crippen LogP contribution is -1.99. The maximum Gasteiger partial charge on any atom is 0.213 e. The molecule has 0 unspecified atom stereocenters. The van der Waals surface area contributed by atoms with Crippen LogP contribution in [0.3, 0.4) is 0 Å². The van der Waals surface area contributed by atoms with E-state index in [9.17, 15) is 0 Å². The molecule has 0 spiro atoms. The summed E-state index contributed by atoms with van der Waals surface area (Å²) in [6, 6.07) is 16.2. The molecule has 110 valence electrons. The Morgan fingerprint density at radius 1 is 0.957 bits per heavy atom. The molecule has 6 heteroatoms. The predicted molar refractivity (Wildman–Crippen MR) is 95.9 cm³/mol. The molecule has 2 aliphatic rings. The predicted octanol–water partition coefficient (Wildman–Crippen LogP) is 4.87. The van der Waals surface area contributed by atoms with Gasteiger partial charge in [-0.15, -0.1) is 11.3 Å². The molecule has 0 N–H and O–H groups in total. The molecule has 0 atom stereocenters. The molecule has 1 aromatic heterocycles. The van der Waals surface area contributed by atoms with Crippen LogP contribution in [0.1, 0.15) is 0 Å². The zero-order valence-corrected chi connectivity index (χ0v) is 14.2. The first-order valence-corrected chi connectivity index (χ1v) is 8.75. The fourth-order valence-corrected chi connectivity index (χ4v) is 3.81. The van der Waals surface area contributed by atoms with Gasteiger partial charge in [0.2, 0.25) is 4.96 Å². The van der Waals surface area contributed by atoms with Crippen LogP contribution in [0.4, 0.5) is 0 Å². The van der Waals surface area contributed by atoms with Crippen molar-refractivity contribution in [1.29, 1.82) is 0 Å². The van der Waals surface area contributed by atoms with E-state index in [1.165, 1.54) is 0 Å². The van der Waals surface area contributed by atoms with Crippen LogP contribution in [-0.4, -0.2) is 19.6 Å². The maximum absolute atomic E-state index is 4.81. The highest BCUT2D eigenvalue weighted by molar-refractivity contribution is 9.10. The second-order valence-corrected chi connectivity index (χ2v) is 6.99. The molecule has 0 aliphatic carbocycles. The van der Waals surface area contributed by atoms with Gasteiger partial charge in [-0.3, -0.25) is 0 Å². The van der Waals surface area contributed by atoms with Crippen LogP contribution >= 0.6 is 27.3 Å². The van der Waals surface area contributed by atoms with E-state index in [0.29, 0.717) is 5.82 Å². The van der Waals surface area contributed by atoms with Crippen molar-refractivity contribution in [3.8, 4) is 22.8 Å². The Morgan fingerprint density at radius 3 is 2.65 bits per heavy atom. The van der Waals surface area contributed by atoms with E-state index in [1.807, 2.05) is 40.9 Å². The number of benzene rings is 2. The number of aromatic nitrogens is 4. The maximum atomic E-state index is 4.81. The van der Waals surface area contributed by atoms with Gasteiger partial charge in [0.05, 0.1) is 11.2 Å². The largest absolute Gasteiger partial charge is 0.226 e. The highest BCUT2D eigenvalue weighted by Gasteiger charge is 2.18. The molecule has 5 rings (SSSR count). The molecule has 0 amide bonds. The quantitative estimate of drug-likeness (QED) is 0.416. The van der Waals surface area contributed by atoms with Crippen molar-refractivity contribution in [2.45, 2.75) is 0 Å². The summed E-state index contributed by atoms with van der Waals surface area (Å²) in [7, 11) is 0. The molecule has 0 fully saturated rings. The molecule has 3 heterocycles. The molecule has 0 bridgehead atoms. The standard InChI is InChI=1S/C17H9BrN4S/c18-11-7-5-10(6-8-11)14-9-23-17-20-16-15(21-22(14)17)12-3-1-2-4-13(12)19-16/h1-9H. The number of rotatable bonds is 1. The van der Waals surface area contributed by atoms with Crippen LogP contribution in [0.25, 0.3) is 38.6 Å². The highest BCUT2D eigenvalue weighted by atomic mass is 79.9. The SMILES string of the molecule is Brc1ccc(-c2csc3nc4nc5ccccc5c-4nn23)cc1. The van der Waals surface area contributed by atoms with E-state index < -0.39 is 0 Å². The van der Waals surface area contributed by atoms with E-state index in [1.54, 1.807) is 11.3 Å². The Morgan fingerprint density at radius 2 is 1.78 bits per heavy atom. The summed E-state index contributed by atoms with van der Waals surface area (Å²) in [5.41, 5.74) is 3.93. The van der Waals surface area contributed by atoms with Crippen LogP contribution in [0, 0.1) is 0 Å². The van der Waals surface area contributed by atoms with E-state index in [4.69, 9.17) is 5.10 Å². The van der Waals surface area contributed by atoms with Crippen molar-refractivity contribution in [2.75, 3.05) is 0 Å². The second kappa shape index (κ2) is 4.84. The minimum absolute atomic E-state index is 0.704. The molecule has 0 radical (unpaired) electrons. The lowest BCUT2D eigenvalue weighted by atomic mass is 10.2. The summed E-state index contributed by atoms with van der Waals surface area (Å²) in [5, 5.41) is 7.94. The summed E-state index contributed by atoms with van der Waals surface area (Å²) in [4.78, 5) is 10.1.